The molecule has 1 aliphatic heterocycles. The first kappa shape index (κ1) is 20.8. The number of hydrogen-bond acceptors (Lipinski definition) is 3. The molecular weight excluding hydrogens is 383 g/mol. The second kappa shape index (κ2) is 9.02. The number of benzene rings is 1. The minimum absolute atomic E-state index is 0. The summed E-state index contributed by atoms with van der Waals surface area (Å²) < 4.78 is 6.10. The van der Waals surface area contributed by atoms with E-state index in [0.717, 1.165) is 32.2 Å². The highest BCUT2D eigenvalue weighted by Gasteiger charge is 2.42. The first-order chi connectivity index (χ1) is 12.6. The molecule has 3 fully saturated rings. The number of carbonyl (C=O) groups excluding carboxylic acids is 1. The molecule has 2 N–H and O–H groups in total. The largest absolute Gasteiger partial charge is 0.487 e. The Balaban J connectivity index is 0.00000210. The number of likely N-dealkylation sites (tertiary alicyclic amines) is 1. The van der Waals surface area contributed by atoms with Gasteiger partial charge in [-0.05, 0) is 62.5 Å². The van der Waals surface area contributed by atoms with E-state index in [0.29, 0.717) is 41.1 Å². The van der Waals surface area contributed by atoms with Gasteiger partial charge in [-0.1, -0.05) is 30.2 Å². The lowest BCUT2D eigenvalue weighted by molar-refractivity contribution is -0.141. The third-order valence-electron chi connectivity index (χ3n) is 6.58. The van der Waals surface area contributed by atoms with Crippen molar-refractivity contribution in [3.05, 3.63) is 29.3 Å². The van der Waals surface area contributed by atoms with Crippen LogP contribution in [-0.4, -0.2) is 36.0 Å². The van der Waals surface area contributed by atoms with E-state index < -0.39 is 0 Å². The zero-order chi connectivity index (χ0) is 18.1. The van der Waals surface area contributed by atoms with Crippen LogP contribution in [0.25, 0.3) is 0 Å². The maximum Gasteiger partial charge on any atom is 0.225 e. The van der Waals surface area contributed by atoms with Gasteiger partial charge < -0.3 is 15.4 Å². The van der Waals surface area contributed by atoms with Crippen LogP contribution < -0.4 is 10.5 Å². The van der Waals surface area contributed by atoms with Gasteiger partial charge in [0.1, 0.15) is 11.9 Å². The summed E-state index contributed by atoms with van der Waals surface area (Å²) in [5.74, 6) is 2.27. The molecule has 1 heterocycles. The number of para-hydroxylation sites is 1. The highest BCUT2D eigenvalue weighted by molar-refractivity contribution is 6.32. The molecule has 27 heavy (non-hydrogen) atoms. The monoisotopic (exact) mass is 412 g/mol. The maximum atomic E-state index is 13.2. The Morgan fingerprint density at radius 1 is 1.11 bits per heavy atom. The van der Waals surface area contributed by atoms with Crippen LogP contribution in [0.15, 0.2) is 24.3 Å². The first-order valence-electron chi connectivity index (χ1n) is 10.1. The Hall–Kier alpha value is -0.970. The van der Waals surface area contributed by atoms with Crippen LogP contribution in [0.4, 0.5) is 0 Å². The van der Waals surface area contributed by atoms with Gasteiger partial charge in [0, 0.05) is 18.5 Å². The van der Waals surface area contributed by atoms with Gasteiger partial charge in [-0.15, -0.1) is 12.4 Å². The summed E-state index contributed by atoms with van der Waals surface area (Å²) in [6.45, 7) is 1.51. The van der Waals surface area contributed by atoms with Gasteiger partial charge in [-0.25, -0.2) is 0 Å². The number of piperidine rings is 1. The number of rotatable bonds is 3. The molecule has 4 rings (SSSR count). The second-order valence-electron chi connectivity index (χ2n) is 8.29. The molecule has 3 atom stereocenters. The minimum Gasteiger partial charge on any atom is -0.487 e. The maximum absolute atomic E-state index is 13.2. The predicted octanol–water partition coefficient (Wildman–Crippen LogP) is 4.29. The van der Waals surface area contributed by atoms with Crippen molar-refractivity contribution in [2.24, 2.45) is 23.5 Å². The molecule has 3 aliphatic rings. The smallest absolute Gasteiger partial charge is 0.225 e. The molecule has 150 valence electrons. The molecule has 3 unspecified atom stereocenters. The van der Waals surface area contributed by atoms with Crippen molar-refractivity contribution in [3.63, 3.8) is 0 Å². The number of carbonyl (C=O) groups is 1. The third-order valence-corrected chi connectivity index (χ3v) is 6.89. The van der Waals surface area contributed by atoms with Crippen LogP contribution >= 0.6 is 24.0 Å². The van der Waals surface area contributed by atoms with E-state index in [-0.39, 0.29) is 24.4 Å². The van der Waals surface area contributed by atoms with Crippen LogP contribution in [-0.2, 0) is 4.79 Å². The van der Waals surface area contributed by atoms with E-state index in [1.807, 2.05) is 29.2 Å². The van der Waals surface area contributed by atoms with Crippen molar-refractivity contribution >= 4 is 29.9 Å². The average molecular weight is 413 g/mol. The predicted molar refractivity (Wildman–Crippen MR) is 110 cm³/mol. The number of nitrogens with zero attached hydrogens (tertiary/aromatic N) is 1. The number of halogens is 2. The lowest BCUT2D eigenvalue weighted by Crippen LogP contribution is -2.52. The Bertz CT molecular complexity index is 643. The molecule has 1 amide bonds. The van der Waals surface area contributed by atoms with Gasteiger partial charge in [0.25, 0.3) is 0 Å². The van der Waals surface area contributed by atoms with Crippen molar-refractivity contribution in [3.8, 4) is 5.75 Å². The zero-order valence-electron chi connectivity index (χ0n) is 15.7. The number of ether oxygens (including phenoxy) is 1. The Labute approximate surface area is 173 Å². The van der Waals surface area contributed by atoms with Crippen LogP contribution in [0.3, 0.4) is 0 Å². The van der Waals surface area contributed by atoms with Crippen molar-refractivity contribution in [1.82, 2.24) is 4.90 Å². The second-order valence-corrected chi connectivity index (χ2v) is 8.70. The zero-order valence-corrected chi connectivity index (χ0v) is 17.3. The number of hydrogen-bond donors (Lipinski definition) is 1. The number of amides is 1. The van der Waals surface area contributed by atoms with E-state index in [1.165, 1.54) is 19.3 Å². The summed E-state index contributed by atoms with van der Waals surface area (Å²) in [5.41, 5.74) is 6.39. The molecule has 0 radical (unpaired) electrons. The quantitative estimate of drug-likeness (QED) is 0.805. The van der Waals surface area contributed by atoms with Crippen molar-refractivity contribution in [1.29, 1.82) is 0 Å². The highest BCUT2D eigenvalue weighted by Crippen LogP contribution is 2.42. The summed E-state index contributed by atoms with van der Waals surface area (Å²) in [5, 5.41) is 0.630. The molecule has 1 saturated heterocycles. The third kappa shape index (κ3) is 4.55. The minimum atomic E-state index is 0. The molecule has 2 aliphatic carbocycles. The summed E-state index contributed by atoms with van der Waals surface area (Å²) in [7, 11) is 0. The first-order valence-corrected chi connectivity index (χ1v) is 10.4. The molecule has 0 spiro atoms. The van der Waals surface area contributed by atoms with Crippen molar-refractivity contribution in [2.75, 3.05) is 13.1 Å². The van der Waals surface area contributed by atoms with Crippen LogP contribution in [0.2, 0.25) is 5.02 Å². The van der Waals surface area contributed by atoms with Crippen LogP contribution in [0, 0.1) is 17.8 Å². The molecule has 1 aromatic carbocycles. The summed E-state index contributed by atoms with van der Waals surface area (Å²) in [4.78, 5) is 15.2. The van der Waals surface area contributed by atoms with Gasteiger partial charge in [-0.2, -0.15) is 0 Å². The number of fused-ring (bicyclic) bond motifs is 2. The van der Waals surface area contributed by atoms with Gasteiger partial charge in [0.05, 0.1) is 11.6 Å². The lowest BCUT2D eigenvalue weighted by atomic mass is 9.65. The van der Waals surface area contributed by atoms with Gasteiger partial charge >= 0.3 is 0 Å². The standard InChI is InChI=1S/C21H29ClN2O2.ClH/c22-18-8-1-2-9-19(18)26-17-7-4-10-24(13-17)21(25)16-11-14-5-3-6-15(12-16)20(14)23;/h1-2,8-9,14-17,20H,3-7,10-13,23H2;1H. The van der Waals surface area contributed by atoms with Crippen LogP contribution in [0.5, 0.6) is 5.75 Å². The Kier molecular flexibility index (Phi) is 6.93. The molecule has 2 bridgehead atoms. The fourth-order valence-corrected chi connectivity index (χ4v) is 5.38. The molecule has 6 heteroatoms. The van der Waals surface area contributed by atoms with Crippen LogP contribution in [0.1, 0.15) is 44.9 Å². The molecular formula is C21H30Cl2N2O2. The lowest BCUT2D eigenvalue weighted by Gasteiger charge is -2.45. The van der Waals surface area contributed by atoms with Gasteiger partial charge in [0.2, 0.25) is 5.91 Å². The highest BCUT2D eigenvalue weighted by atomic mass is 35.5. The Morgan fingerprint density at radius 2 is 1.81 bits per heavy atom. The molecule has 0 aromatic heterocycles. The summed E-state index contributed by atoms with van der Waals surface area (Å²) in [6, 6.07) is 7.87. The van der Waals surface area contributed by atoms with Crippen molar-refractivity contribution in [2.45, 2.75) is 57.1 Å². The van der Waals surface area contributed by atoms with Gasteiger partial charge in [-0.3, -0.25) is 4.79 Å². The topological polar surface area (TPSA) is 55.6 Å². The fourth-order valence-electron chi connectivity index (χ4n) is 5.20. The average Bonchev–Trinajstić information content (AvgIpc) is 2.63. The summed E-state index contributed by atoms with van der Waals surface area (Å²) in [6.07, 6.45) is 7.60. The molecule has 1 aromatic rings. The SMILES string of the molecule is Cl.NC1C2CCCC1CC(C(=O)N1CCCC(Oc3ccccc3Cl)C1)C2. The molecule has 4 nitrogen and oxygen atoms in total. The van der Waals surface area contributed by atoms with E-state index in [9.17, 15) is 4.79 Å². The summed E-state index contributed by atoms with van der Waals surface area (Å²) >= 11 is 6.21. The fraction of sp³-hybridized carbons (Fsp3) is 0.667. The Morgan fingerprint density at radius 3 is 2.52 bits per heavy atom. The normalized spacial score (nSPS) is 33.1. The van der Waals surface area contributed by atoms with Gasteiger partial charge in [0.15, 0.2) is 0 Å². The van der Waals surface area contributed by atoms with E-state index in [2.05, 4.69) is 0 Å². The number of nitrogens with two attached hydrogens (primary N) is 1. The van der Waals surface area contributed by atoms with E-state index >= 15 is 0 Å². The van der Waals surface area contributed by atoms with Crippen molar-refractivity contribution < 1.29 is 9.53 Å². The van der Waals surface area contributed by atoms with E-state index in [1.54, 1.807) is 0 Å². The van der Waals surface area contributed by atoms with E-state index in [4.69, 9.17) is 22.1 Å². The molecule has 2 saturated carbocycles.